The molecule has 88 valence electrons. The molecule has 0 aromatic rings. The summed E-state index contributed by atoms with van der Waals surface area (Å²) in [5.41, 5.74) is 4.97. The van der Waals surface area contributed by atoms with E-state index in [-0.39, 0.29) is 12.8 Å². The molecule has 0 heterocycles. The predicted octanol–water partition coefficient (Wildman–Crippen LogP) is -0.0215. The maximum absolute atomic E-state index is 10.9. The van der Waals surface area contributed by atoms with Crippen molar-refractivity contribution in [2.45, 2.75) is 32.2 Å². The van der Waals surface area contributed by atoms with Gasteiger partial charge in [0.25, 0.3) is 0 Å². The molecule has 0 aliphatic rings. The number of primary amides is 1. The highest BCUT2D eigenvalue weighted by Crippen LogP contribution is 2.08. The van der Waals surface area contributed by atoms with E-state index in [1.54, 1.807) is 0 Å². The van der Waals surface area contributed by atoms with Crippen LogP contribution in [-0.2, 0) is 14.4 Å². The first-order chi connectivity index (χ1) is 7.02. The van der Waals surface area contributed by atoms with Crippen LogP contribution in [0.5, 0.6) is 0 Å². The molecule has 0 saturated heterocycles. The van der Waals surface area contributed by atoms with E-state index in [1.807, 2.05) is 6.92 Å². The van der Waals surface area contributed by atoms with Gasteiger partial charge in [-0.15, -0.1) is 0 Å². The number of nitrogens with two attached hydrogens (primary N) is 1. The van der Waals surface area contributed by atoms with Crippen molar-refractivity contribution in [3.8, 4) is 0 Å². The Morgan fingerprint density at radius 3 is 2.47 bits per heavy atom. The van der Waals surface area contributed by atoms with Crippen LogP contribution in [-0.4, -0.2) is 41.7 Å². The Morgan fingerprint density at radius 2 is 2.13 bits per heavy atom. The molecule has 0 aliphatic heterocycles. The molecule has 0 fully saturated rings. The topological polar surface area (TPSA) is 92.9 Å². The fourth-order valence-corrected chi connectivity index (χ4v) is 1.26. The van der Waals surface area contributed by atoms with Crippen LogP contribution in [0.2, 0.25) is 0 Å². The van der Waals surface area contributed by atoms with Gasteiger partial charge in [0.2, 0.25) is 5.91 Å². The molecule has 0 aromatic heterocycles. The minimum atomic E-state index is -1.01. The minimum Gasteiger partial charge on any atom is -0.480 e. The first-order valence-electron chi connectivity index (χ1n) is 4.84. The zero-order valence-electron chi connectivity index (χ0n) is 9.10. The van der Waals surface area contributed by atoms with Crippen LogP contribution in [0.3, 0.4) is 0 Å². The van der Waals surface area contributed by atoms with Gasteiger partial charge in [-0.1, -0.05) is 6.92 Å². The lowest BCUT2D eigenvalue weighted by molar-refractivity contribution is -0.185. The van der Waals surface area contributed by atoms with Crippen LogP contribution in [0.4, 0.5) is 0 Å². The number of carboxylic acids is 1. The average Bonchev–Trinajstić information content (AvgIpc) is 2.15. The lowest BCUT2D eigenvalue weighted by atomic mass is 10.1. The number of carboxylic acid groups (broad SMARTS) is 1. The molecule has 0 spiro atoms. The van der Waals surface area contributed by atoms with Gasteiger partial charge in [0.15, 0.2) is 0 Å². The van der Waals surface area contributed by atoms with Crippen molar-refractivity contribution in [2.24, 2.45) is 5.73 Å². The highest BCUT2D eigenvalue weighted by molar-refractivity contribution is 5.77. The third kappa shape index (κ3) is 5.34. The molecule has 1 atom stereocenters. The molecule has 0 aliphatic carbocycles. The number of hydroxylamine groups is 2. The van der Waals surface area contributed by atoms with Crippen molar-refractivity contribution >= 4 is 11.9 Å². The third-order valence-corrected chi connectivity index (χ3v) is 1.98. The second-order valence-electron chi connectivity index (χ2n) is 3.18. The maximum atomic E-state index is 10.9. The molecule has 0 bridgehead atoms. The smallest absolute Gasteiger partial charge is 0.323 e. The molecule has 0 saturated carbocycles. The van der Waals surface area contributed by atoms with Gasteiger partial charge in [0.05, 0.1) is 7.11 Å². The van der Waals surface area contributed by atoms with Crippen LogP contribution in [0.25, 0.3) is 0 Å². The van der Waals surface area contributed by atoms with E-state index < -0.39 is 17.9 Å². The molecule has 6 heteroatoms. The summed E-state index contributed by atoms with van der Waals surface area (Å²) in [5.74, 6) is -1.51. The Kier molecular flexibility index (Phi) is 6.64. The molecular formula is C9H18N2O4. The van der Waals surface area contributed by atoms with Gasteiger partial charge in [-0.3, -0.25) is 9.59 Å². The van der Waals surface area contributed by atoms with Crippen LogP contribution in [0.15, 0.2) is 0 Å². The molecular weight excluding hydrogens is 200 g/mol. The zero-order valence-corrected chi connectivity index (χ0v) is 9.10. The number of amides is 1. The van der Waals surface area contributed by atoms with Gasteiger partial charge in [-0.2, -0.15) is 5.06 Å². The van der Waals surface area contributed by atoms with Crippen LogP contribution < -0.4 is 5.73 Å². The van der Waals surface area contributed by atoms with Gasteiger partial charge in [-0.05, 0) is 12.8 Å². The number of rotatable bonds is 8. The second kappa shape index (κ2) is 7.19. The molecule has 3 N–H and O–H groups in total. The largest absolute Gasteiger partial charge is 0.480 e. The van der Waals surface area contributed by atoms with E-state index in [4.69, 9.17) is 15.7 Å². The van der Waals surface area contributed by atoms with Gasteiger partial charge in [0.1, 0.15) is 6.04 Å². The summed E-state index contributed by atoms with van der Waals surface area (Å²) in [5, 5.41) is 10.3. The average molecular weight is 218 g/mol. The van der Waals surface area contributed by atoms with Crippen molar-refractivity contribution in [1.29, 1.82) is 0 Å². The van der Waals surface area contributed by atoms with Crippen molar-refractivity contribution < 1.29 is 19.5 Å². The van der Waals surface area contributed by atoms with E-state index in [0.717, 1.165) is 6.42 Å². The fourth-order valence-electron chi connectivity index (χ4n) is 1.26. The molecule has 0 aromatic carbocycles. The summed E-state index contributed by atoms with van der Waals surface area (Å²) in [6.07, 6.45) is 0.979. The van der Waals surface area contributed by atoms with Crippen LogP contribution in [0.1, 0.15) is 26.2 Å². The second-order valence-corrected chi connectivity index (χ2v) is 3.18. The SMILES string of the molecule is CCCN(OC)C(CCC(N)=O)C(=O)O. The van der Waals surface area contributed by atoms with E-state index in [2.05, 4.69) is 0 Å². The third-order valence-electron chi connectivity index (χ3n) is 1.98. The number of aliphatic carboxylic acids is 1. The highest BCUT2D eigenvalue weighted by Gasteiger charge is 2.25. The Bertz CT molecular complexity index is 220. The van der Waals surface area contributed by atoms with E-state index in [9.17, 15) is 9.59 Å². The van der Waals surface area contributed by atoms with Crippen LogP contribution in [0, 0.1) is 0 Å². The summed E-state index contributed by atoms with van der Waals surface area (Å²) in [6, 6.07) is -0.817. The Labute approximate surface area is 88.9 Å². The zero-order chi connectivity index (χ0) is 11.8. The fraction of sp³-hybridized carbons (Fsp3) is 0.778. The molecule has 1 unspecified atom stereocenters. The lowest BCUT2D eigenvalue weighted by Gasteiger charge is -2.25. The molecule has 6 nitrogen and oxygen atoms in total. The van der Waals surface area contributed by atoms with Gasteiger partial charge in [-0.25, -0.2) is 0 Å². The normalized spacial score (nSPS) is 12.7. The standard InChI is InChI=1S/C9H18N2O4/c1-3-6-11(15-2)7(9(13)14)4-5-8(10)12/h7H,3-6H2,1-2H3,(H2,10,12)(H,13,14). The number of nitrogens with zero attached hydrogens (tertiary/aromatic N) is 1. The Balaban J connectivity index is 4.34. The monoisotopic (exact) mass is 218 g/mol. The maximum Gasteiger partial charge on any atom is 0.323 e. The minimum absolute atomic E-state index is 0.0422. The predicted molar refractivity (Wildman–Crippen MR) is 53.9 cm³/mol. The van der Waals surface area contributed by atoms with Crippen molar-refractivity contribution in [2.75, 3.05) is 13.7 Å². The number of carbonyl (C=O) groups is 2. The number of hydrogen-bond acceptors (Lipinski definition) is 4. The highest BCUT2D eigenvalue weighted by atomic mass is 16.7. The summed E-state index contributed by atoms with van der Waals surface area (Å²) < 4.78 is 0. The Hall–Kier alpha value is -1.14. The van der Waals surface area contributed by atoms with Gasteiger partial charge < -0.3 is 15.7 Å². The van der Waals surface area contributed by atoms with Gasteiger partial charge >= 0.3 is 5.97 Å². The first-order valence-corrected chi connectivity index (χ1v) is 4.84. The quantitative estimate of drug-likeness (QED) is 0.558. The van der Waals surface area contributed by atoms with Crippen molar-refractivity contribution in [1.82, 2.24) is 5.06 Å². The molecule has 0 radical (unpaired) electrons. The molecule has 1 amide bonds. The summed E-state index contributed by atoms with van der Waals surface area (Å²) >= 11 is 0. The Morgan fingerprint density at radius 1 is 1.53 bits per heavy atom. The first kappa shape index (κ1) is 13.9. The van der Waals surface area contributed by atoms with Crippen molar-refractivity contribution in [3.05, 3.63) is 0 Å². The molecule has 15 heavy (non-hydrogen) atoms. The van der Waals surface area contributed by atoms with E-state index in [1.165, 1.54) is 12.2 Å². The lowest BCUT2D eigenvalue weighted by Crippen LogP contribution is -2.41. The molecule has 0 rings (SSSR count). The van der Waals surface area contributed by atoms with E-state index in [0.29, 0.717) is 6.54 Å². The van der Waals surface area contributed by atoms with E-state index >= 15 is 0 Å². The van der Waals surface area contributed by atoms with Crippen LogP contribution >= 0.6 is 0 Å². The van der Waals surface area contributed by atoms with Crippen molar-refractivity contribution in [3.63, 3.8) is 0 Å². The number of carbonyl (C=O) groups excluding carboxylic acids is 1. The summed E-state index contributed by atoms with van der Waals surface area (Å²) in [6.45, 7) is 2.42. The number of hydrogen-bond donors (Lipinski definition) is 2. The summed E-state index contributed by atoms with van der Waals surface area (Å²) in [7, 11) is 1.41. The summed E-state index contributed by atoms with van der Waals surface area (Å²) in [4.78, 5) is 26.4. The van der Waals surface area contributed by atoms with Gasteiger partial charge in [0, 0.05) is 13.0 Å².